The Morgan fingerprint density at radius 1 is 1.40 bits per heavy atom. The van der Waals surface area contributed by atoms with Gasteiger partial charge >= 0.3 is 0 Å². The van der Waals surface area contributed by atoms with Gasteiger partial charge in [0.1, 0.15) is 11.6 Å². The van der Waals surface area contributed by atoms with Crippen molar-refractivity contribution in [2.75, 3.05) is 19.0 Å². The quantitative estimate of drug-likeness (QED) is 0.798. The van der Waals surface area contributed by atoms with Crippen molar-refractivity contribution in [1.82, 2.24) is 9.38 Å². The number of nitrogens with zero attached hydrogens (tertiary/aromatic N) is 3. The lowest BCUT2D eigenvalue weighted by Gasteiger charge is -2.15. The molecule has 2 aromatic rings. The summed E-state index contributed by atoms with van der Waals surface area (Å²) in [6.07, 6.45) is 0. The van der Waals surface area contributed by atoms with Crippen LogP contribution in [0.15, 0.2) is 18.2 Å². The first kappa shape index (κ1) is 9.98. The van der Waals surface area contributed by atoms with E-state index in [2.05, 4.69) is 26.4 Å². The van der Waals surface area contributed by atoms with E-state index in [1.807, 2.05) is 27.1 Å². The number of nitrogens with two attached hydrogens (primary N) is 1. The second kappa shape index (κ2) is 3.55. The van der Waals surface area contributed by atoms with Gasteiger partial charge in [0, 0.05) is 14.1 Å². The van der Waals surface area contributed by atoms with Gasteiger partial charge in [-0.25, -0.2) is 4.98 Å². The summed E-state index contributed by atoms with van der Waals surface area (Å²) in [6, 6.07) is 6.17. The van der Waals surface area contributed by atoms with Crippen LogP contribution in [-0.2, 0) is 6.54 Å². The number of hydrogen-bond donors (Lipinski definition) is 1. The Balaban J connectivity index is 2.82. The molecule has 2 heterocycles. The van der Waals surface area contributed by atoms with E-state index in [1.54, 1.807) is 0 Å². The highest BCUT2D eigenvalue weighted by atomic mass is 15.2. The first-order valence-corrected chi connectivity index (χ1v) is 4.99. The van der Waals surface area contributed by atoms with Crippen LogP contribution in [0.25, 0.3) is 5.52 Å². The van der Waals surface area contributed by atoms with E-state index in [1.165, 1.54) is 0 Å². The highest BCUT2D eigenvalue weighted by Gasteiger charge is 2.10. The van der Waals surface area contributed by atoms with Crippen LogP contribution in [0.3, 0.4) is 0 Å². The minimum Gasteiger partial charge on any atom is -0.364 e. The van der Waals surface area contributed by atoms with Crippen molar-refractivity contribution >= 4 is 11.3 Å². The Morgan fingerprint density at radius 2 is 2.13 bits per heavy atom. The molecule has 0 radical (unpaired) electrons. The molecule has 2 N–H and O–H groups in total. The summed E-state index contributed by atoms with van der Waals surface area (Å²) in [5, 5.41) is 0. The predicted octanol–water partition coefficient (Wildman–Crippen LogP) is 1.17. The molecule has 0 saturated carbocycles. The molecule has 0 aliphatic carbocycles. The Kier molecular flexibility index (Phi) is 2.36. The molecule has 0 aliphatic heterocycles. The van der Waals surface area contributed by atoms with Gasteiger partial charge in [0.2, 0.25) is 0 Å². The lowest BCUT2D eigenvalue weighted by Crippen LogP contribution is -2.15. The molecule has 15 heavy (non-hydrogen) atoms. The topological polar surface area (TPSA) is 46.6 Å². The predicted molar refractivity (Wildman–Crippen MR) is 62.1 cm³/mol. The molecule has 0 amide bonds. The second-order valence-electron chi connectivity index (χ2n) is 3.82. The molecule has 4 nitrogen and oxygen atoms in total. The monoisotopic (exact) mass is 204 g/mol. The molecule has 2 aromatic heterocycles. The molecule has 80 valence electrons. The van der Waals surface area contributed by atoms with Crippen LogP contribution >= 0.6 is 0 Å². The molecule has 0 bridgehead atoms. The largest absolute Gasteiger partial charge is 0.364 e. The zero-order chi connectivity index (χ0) is 11.0. The van der Waals surface area contributed by atoms with E-state index >= 15 is 0 Å². The zero-order valence-electron chi connectivity index (χ0n) is 9.36. The fourth-order valence-electron chi connectivity index (χ4n) is 1.84. The van der Waals surface area contributed by atoms with Crippen LogP contribution < -0.4 is 10.6 Å². The molecule has 0 atom stereocenters. The van der Waals surface area contributed by atoms with Crippen molar-refractivity contribution in [3.63, 3.8) is 0 Å². The SMILES string of the molecule is Cc1nc(CN)n2c(N(C)C)cccc12. The van der Waals surface area contributed by atoms with E-state index in [0.29, 0.717) is 6.54 Å². The number of aromatic nitrogens is 2. The normalized spacial score (nSPS) is 10.9. The summed E-state index contributed by atoms with van der Waals surface area (Å²) in [5.41, 5.74) is 7.85. The number of fused-ring (bicyclic) bond motifs is 1. The van der Waals surface area contributed by atoms with Crippen LogP contribution in [-0.4, -0.2) is 23.5 Å². The molecule has 0 fully saturated rings. The number of imidazole rings is 1. The van der Waals surface area contributed by atoms with Gasteiger partial charge in [0.05, 0.1) is 17.8 Å². The van der Waals surface area contributed by atoms with Gasteiger partial charge in [-0.1, -0.05) is 6.07 Å². The first-order chi connectivity index (χ1) is 7.15. The number of hydrogen-bond acceptors (Lipinski definition) is 3. The number of aryl methyl sites for hydroxylation is 1. The van der Waals surface area contributed by atoms with Gasteiger partial charge < -0.3 is 10.6 Å². The molecule has 0 aromatic carbocycles. The van der Waals surface area contributed by atoms with Gasteiger partial charge in [-0.3, -0.25) is 4.40 Å². The lowest BCUT2D eigenvalue weighted by atomic mass is 10.3. The Bertz CT molecular complexity index is 485. The molecule has 0 aliphatic rings. The fraction of sp³-hybridized carbons (Fsp3) is 0.364. The highest BCUT2D eigenvalue weighted by molar-refractivity contribution is 5.59. The molecule has 0 unspecified atom stereocenters. The van der Waals surface area contributed by atoms with Gasteiger partial charge in [0.15, 0.2) is 0 Å². The molecule has 0 saturated heterocycles. The van der Waals surface area contributed by atoms with Crippen LogP contribution in [0.1, 0.15) is 11.5 Å². The fourth-order valence-corrected chi connectivity index (χ4v) is 1.84. The van der Waals surface area contributed by atoms with Crippen molar-refractivity contribution in [2.45, 2.75) is 13.5 Å². The van der Waals surface area contributed by atoms with E-state index in [4.69, 9.17) is 5.73 Å². The standard InChI is InChI=1S/C11H16N4/c1-8-9-5-4-6-11(14(2)3)15(9)10(7-12)13-8/h4-6H,7,12H2,1-3H3. The van der Waals surface area contributed by atoms with Crippen molar-refractivity contribution in [3.8, 4) is 0 Å². The maximum Gasteiger partial charge on any atom is 0.128 e. The van der Waals surface area contributed by atoms with Gasteiger partial charge in [-0.15, -0.1) is 0 Å². The van der Waals surface area contributed by atoms with Crippen molar-refractivity contribution < 1.29 is 0 Å². The van der Waals surface area contributed by atoms with Crippen LogP contribution in [0, 0.1) is 6.92 Å². The number of rotatable bonds is 2. The summed E-state index contributed by atoms with van der Waals surface area (Å²) in [4.78, 5) is 6.53. The average Bonchev–Trinajstić information content (AvgIpc) is 2.55. The minimum atomic E-state index is 0.458. The lowest BCUT2D eigenvalue weighted by molar-refractivity contribution is 0.883. The van der Waals surface area contributed by atoms with Crippen molar-refractivity contribution in [3.05, 3.63) is 29.7 Å². The molecule has 2 rings (SSSR count). The maximum absolute atomic E-state index is 5.70. The summed E-state index contributed by atoms with van der Waals surface area (Å²) < 4.78 is 2.11. The summed E-state index contributed by atoms with van der Waals surface area (Å²) >= 11 is 0. The zero-order valence-corrected chi connectivity index (χ0v) is 9.36. The van der Waals surface area contributed by atoms with Gasteiger partial charge in [-0.05, 0) is 19.1 Å². The van der Waals surface area contributed by atoms with E-state index < -0.39 is 0 Å². The first-order valence-electron chi connectivity index (χ1n) is 4.99. The van der Waals surface area contributed by atoms with Crippen LogP contribution in [0.4, 0.5) is 5.82 Å². The number of pyridine rings is 1. The van der Waals surface area contributed by atoms with E-state index in [9.17, 15) is 0 Å². The Hall–Kier alpha value is -1.55. The third-order valence-corrected chi connectivity index (χ3v) is 2.54. The minimum absolute atomic E-state index is 0.458. The Morgan fingerprint density at radius 3 is 2.73 bits per heavy atom. The molecular weight excluding hydrogens is 188 g/mol. The smallest absolute Gasteiger partial charge is 0.128 e. The molecule has 4 heteroatoms. The van der Waals surface area contributed by atoms with Gasteiger partial charge in [-0.2, -0.15) is 0 Å². The molecule has 0 spiro atoms. The van der Waals surface area contributed by atoms with Gasteiger partial charge in [0.25, 0.3) is 0 Å². The number of anilines is 1. The maximum atomic E-state index is 5.70. The van der Waals surface area contributed by atoms with Crippen LogP contribution in [0.2, 0.25) is 0 Å². The average molecular weight is 204 g/mol. The van der Waals surface area contributed by atoms with E-state index in [-0.39, 0.29) is 0 Å². The Labute approximate surface area is 89.3 Å². The van der Waals surface area contributed by atoms with Crippen molar-refractivity contribution in [1.29, 1.82) is 0 Å². The third-order valence-electron chi connectivity index (χ3n) is 2.54. The summed E-state index contributed by atoms with van der Waals surface area (Å²) in [6.45, 7) is 2.47. The van der Waals surface area contributed by atoms with E-state index in [0.717, 1.165) is 22.9 Å². The molecular formula is C11H16N4. The highest BCUT2D eigenvalue weighted by Crippen LogP contribution is 2.20. The second-order valence-corrected chi connectivity index (χ2v) is 3.82. The van der Waals surface area contributed by atoms with Crippen molar-refractivity contribution in [2.24, 2.45) is 5.73 Å². The third kappa shape index (κ3) is 1.47. The summed E-state index contributed by atoms with van der Waals surface area (Å²) in [5.74, 6) is 2.01. The van der Waals surface area contributed by atoms with Crippen LogP contribution in [0.5, 0.6) is 0 Å². The summed E-state index contributed by atoms with van der Waals surface area (Å²) in [7, 11) is 4.04.